The molecule has 9 fully saturated rings. The first kappa shape index (κ1) is 84.1. The summed E-state index contributed by atoms with van der Waals surface area (Å²) in [6.45, 7) is 12.2. The Hall–Kier alpha value is -12.6. The maximum absolute atomic E-state index is 14.0. The standard InChI is InChI=1S/2C28H33N7O6.C28H31N7O6/c2*1-3-29-28(38)33-23-20-24(31-14-30-23)35(15-32-20)19-13-17(25(36)34-12-8-11-18(34)26(37)39-4-2)21-22(19)41-27(40-21)16-9-6-5-7-10-16;1-2-29-28(39)33-24-21-25(31-14-30-24)35(15-32-21)19-13-17(26(36)34-12-6-9-18(34)27(37)38)22-23(19)41-20(40-22)11-10-16-7-4-3-5-8-16/h2*5-7,9-10,14-15,17-19,21-22,27H,3-4,8,11-13H2,1-2H3,(H2,29,30,31,33,38);3-5,7-8,10-11,14-15,17-20,22-23H,2,6,9,12-13H2,1H3,(H,37,38)(H2,29,30,31,33,39)/b;;11-10+/t2*17?,18-,19?,21?,22?,27-;17?,18-,19?,20-,22?,23?/m000/s1. The van der Waals surface area contributed by atoms with Crippen LogP contribution in [-0.4, -0.2) is 246 Å². The van der Waals surface area contributed by atoms with Gasteiger partial charge in [0, 0.05) is 50.4 Å². The number of hydrogen-bond donors (Lipinski definition) is 7. The van der Waals surface area contributed by atoms with Gasteiger partial charge in [-0.3, -0.25) is 30.3 Å². The molecule has 6 aliphatic heterocycles. The Morgan fingerprint density at radius 2 is 0.756 bits per heavy atom. The van der Waals surface area contributed by atoms with Crippen LogP contribution in [0.4, 0.5) is 31.8 Å². The monoisotopic (exact) mass is 1690 g/mol. The summed E-state index contributed by atoms with van der Waals surface area (Å²) in [7, 11) is 0. The molecule has 12 heterocycles. The average molecular weight is 1690 g/mol. The van der Waals surface area contributed by atoms with Gasteiger partial charge in [0.05, 0.1) is 68.1 Å². The second-order valence-corrected chi connectivity index (χ2v) is 31.0. The largest absolute Gasteiger partial charge is 0.480 e. The molecule has 123 heavy (non-hydrogen) atoms. The Kier molecular flexibility index (Phi) is 25.6. The lowest BCUT2D eigenvalue weighted by Gasteiger charge is -2.28. The van der Waals surface area contributed by atoms with Crippen LogP contribution in [0.3, 0.4) is 0 Å². The molecule has 39 nitrogen and oxygen atoms in total. The van der Waals surface area contributed by atoms with E-state index in [-0.39, 0.29) is 78.5 Å². The number of carboxylic acids is 1. The van der Waals surface area contributed by atoms with Gasteiger partial charge in [-0.15, -0.1) is 0 Å². The van der Waals surface area contributed by atoms with Crippen molar-refractivity contribution < 1.29 is 86.2 Å². The maximum atomic E-state index is 14.0. The zero-order chi connectivity index (χ0) is 85.5. The van der Waals surface area contributed by atoms with E-state index in [0.717, 1.165) is 29.5 Å². The van der Waals surface area contributed by atoms with Crippen molar-refractivity contribution in [2.45, 2.75) is 184 Å². The summed E-state index contributed by atoms with van der Waals surface area (Å²) in [5.74, 6) is -3.20. The van der Waals surface area contributed by atoms with Gasteiger partial charge in [0.1, 0.15) is 73.7 Å². The van der Waals surface area contributed by atoms with Gasteiger partial charge in [-0.2, -0.15) is 0 Å². The van der Waals surface area contributed by atoms with Crippen LogP contribution in [0.15, 0.2) is 135 Å². The second kappa shape index (κ2) is 37.4. The SMILES string of the molecule is CCNC(=O)Nc1ncnc2c1ncn2C1CC(C(=O)N2CCC[C@H]2C(=O)O)C2O[C@H](/C=C/c3ccccc3)OC21.CCNC(=O)Nc1ncnc2c1ncn2C1CC(C(=O)N2CCC[C@H]2C(=O)OCC)C2O[C@H](c3ccccc3)OC21.CCNC(=O)Nc1ncnc2c1ncn2C1CC(C(=O)N2CCC[C@H]2C(=O)OCC)C2O[C@H](c3ccccc3)OC21. The number of carboxylic acid groups (broad SMARTS) is 1. The van der Waals surface area contributed by atoms with Crippen molar-refractivity contribution in [3.05, 3.63) is 152 Å². The van der Waals surface area contributed by atoms with Crippen molar-refractivity contribution in [2.75, 3.05) is 68.4 Å². The predicted octanol–water partition coefficient (Wildman–Crippen LogP) is 7.56. The lowest BCUT2D eigenvalue weighted by molar-refractivity contribution is -0.156. The number of esters is 2. The van der Waals surface area contributed by atoms with Crippen LogP contribution in [-0.2, 0) is 66.7 Å². The van der Waals surface area contributed by atoms with Crippen molar-refractivity contribution in [2.24, 2.45) is 17.8 Å². The Morgan fingerprint density at radius 3 is 1.12 bits per heavy atom. The van der Waals surface area contributed by atoms with Crippen LogP contribution < -0.4 is 31.9 Å². The molecule has 0 bridgehead atoms. The number of anilines is 3. The van der Waals surface area contributed by atoms with Crippen LogP contribution in [0, 0.1) is 17.8 Å². The predicted molar refractivity (Wildman–Crippen MR) is 437 cm³/mol. The fourth-order valence-corrected chi connectivity index (χ4v) is 18.3. The topological polar surface area (TPSA) is 460 Å². The maximum Gasteiger partial charge on any atom is 0.328 e. The number of hydrogen-bond acceptors (Lipinski definition) is 26. The smallest absolute Gasteiger partial charge is 0.328 e. The summed E-state index contributed by atoms with van der Waals surface area (Å²) in [5.41, 5.74) is 5.40. The van der Waals surface area contributed by atoms with E-state index in [0.29, 0.717) is 118 Å². The zero-order valence-corrected chi connectivity index (χ0v) is 68.3. The van der Waals surface area contributed by atoms with E-state index in [1.54, 1.807) is 42.6 Å². The average Bonchev–Trinajstić information content (AvgIpc) is 1.59. The van der Waals surface area contributed by atoms with Gasteiger partial charge >= 0.3 is 36.0 Å². The van der Waals surface area contributed by atoms with Gasteiger partial charge in [0.15, 0.2) is 69.8 Å². The molecule has 39 heteroatoms. The summed E-state index contributed by atoms with van der Waals surface area (Å²) in [6.07, 6.45) is 12.3. The molecule has 3 aliphatic carbocycles. The number of nitrogens with one attached hydrogen (secondary N) is 6. The van der Waals surface area contributed by atoms with Crippen LogP contribution in [0.2, 0.25) is 0 Å². The number of nitrogens with zero attached hydrogens (tertiary/aromatic N) is 15. The number of carbonyl (C=O) groups is 9. The molecule has 6 saturated heterocycles. The molecule has 18 rings (SSSR count). The molecule has 0 radical (unpaired) electrons. The Balaban J connectivity index is 0.000000137. The molecule has 12 unspecified atom stereocenters. The minimum Gasteiger partial charge on any atom is -0.480 e. The van der Waals surface area contributed by atoms with Crippen molar-refractivity contribution in [3.8, 4) is 0 Å². The number of ether oxygens (including phenoxy) is 8. The summed E-state index contributed by atoms with van der Waals surface area (Å²) in [5, 5.41) is 25.9. The van der Waals surface area contributed by atoms with E-state index in [1.165, 1.54) is 23.9 Å². The number of carbonyl (C=O) groups excluding carboxylic acids is 8. The molecule has 9 aromatic rings. The highest BCUT2D eigenvalue weighted by molar-refractivity contribution is 5.98. The fourth-order valence-electron chi connectivity index (χ4n) is 18.3. The number of fused-ring (bicyclic) bond motifs is 6. The summed E-state index contributed by atoms with van der Waals surface area (Å²) < 4.78 is 54.6. The van der Waals surface area contributed by atoms with Crippen LogP contribution in [0.5, 0.6) is 0 Å². The van der Waals surface area contributed by atoms with Gasteiger partial charge in [-0.05, 0) is 104 Å². The molecule has 9 amide bonds. The number of urea groups is 3. The molecule has 0 spiro atoms. The third-order valence-corrected chi connectivity index (χ3v) is 23.7. The molecule has 6 aromatic heterocycles. The first-order valence-electron chi connectivity index (χ1n) is 41.8. The molecular formula is C84H97N21O18. The lowest BCUT2D eigenvalue weighted by Crippen LogP contribution is -2.46. The minimum absolute atomic E-state index is 0.145. The van der Waals surface area contributed by atoms with Gasteiger partial charge in [-0.1, -0.05) is 97.1 Å². The quantitative estimate of drug-likeness (QED) is 0.0341. The van der Waals surface area contributed by atoms with Gasteiger partial charge in [-0.25, -0.2) is 73.6 Å². The van der Waals surface area contributed by atoms with Gasteiger partial charge in [0.2, 0.25) is 17.7 Å². The van der Waals surface area contributed by atoms with Crippen LogP contribution in [0.1, 0.15) is 140 Å². The molecule has 9 aliphatic rings. The normalized spacial score (nSPS) is 27.2. The molecule has 3 saturated carbocycles. The number of rotatable bonds is 21. The summed E-state index contributed by atoms with van der Waals surface area (Å²) in [4.78, 5) is 160. The third kappa shape index (κ3) is 17.3. The highest BCUT2D eigenvalue weighted by atomic mass is 16.7. The Labute approximate surface area is 705 Å². The molecular weight excluding hydrogens is 1590 g/mol. The molecule has 18 atom stereocenters. The zero-order valence-electron chi connectivity index (χ0n) is 68.3. The van der Waals surface area contributed by atoms with Crippen LogP contribution in [0.25, 0.3) is 39.6 Å². The number of aliphatic carboxylic acids is 1. The molecule has 3 aromatic carbocycles. The first-order valence-corrected chi connectivity index (χ1v) is 41.8. The van der Waals surface area contributed by atoms with E-state index >= 15 is 0 Å². The van der Waals surface area contributed by atoms with E-state index in [4.69, 9.17) is 37.9 Å². The number of likely N-dealkylation sites (tertiary alicyclic amines) is 3. The first-order chi connectivity index (χ1) is 59.9. The van der Waals surface area contributed by atoms with Crippen molar-refractivity contribution in [1.29, 1.82) is 0 Å². The minimum atomic E-state index is -1.00. The van der Waals surface area contributed by atoms with Gasteiger partial charge in [0.25, 0.3) is 0 Å². The summed E-state index contributed by atoms with van der Waals surface area (Å²) >= 11 is 0. The summed E-state index contributed by atoms with van der Waals surface area (Å²) in [6, 6.07) is 24.6. The van der Waals surface area contributed by atoms with E-state index in [9.17, 15) is 48.3 Å². The lowest BCUT2D eigenvalue weighted by atomic mass is 10.0. The van der Waals surface area contributed by atoms with Crippen molar-refractivity contribution in [3.63, 3.8) is 0 Å². The van der Waals surface area contributed by atoms with Crippen molar-refractivity contribution >= 4 is 111 Å². The molecule has 646 valence electrons. The number of amides is 9. The third-order valence-electron chi connectivity index (χ3n) is 23.7. The van der Waals surface area contributed by atoms with Crippen molar-refractivity contribution in [1.82, 2.24) is 89.2 Å². The Morgan fingerprint density at radius 1 is 0.423 bits per heavy atom. The number of imidazole rings is 3. The molecule has 7 N–H and O–H groups in total. The Bertz CT molecular complexity index is 5160. The van der Waals surface area contributed by atoms with E-state index < -0.39 is 115 Å². The van der Waals surface area contributed by atoms with Gasteiger partial charge < -0.3 is 87.4 Å². The highest BCUT2D eigenvalue weighted by Gasteiger charge is 2.60. The van der Waals surface area contributed by atoms with E-state index in [2.05, 4.69) is 76.8 Å². The second-order valence-electron chi connectivity index (χ2n) is 31.0. The fraction of sp³-hybridized carbons (Fsp3) is 0.476. The van der Waals surface area contributed by atoms with Crippen LogP contribution >= 0.6 is 0 Å². The number of aromatic nitrogens is 12. The number of benzene rings is 3. The highest BCUT2D eigenvalue weighted by Crippen LogP contribution is 2.53. The van der Waals surface area contributed by atoms with E-state index in [1.807, 2.05) is 138 Å².